The van der Waals surface area contributed by atoms with Crippen LogP contribution in [0.5, 0.6) is 0 Å². The van der Waals surface area contributed by atoms with Crippen LogP contribution in [0.4, 0.5) is 17.1 Å². The second-order valence-electron chi connectivity index (χ2n) is 4.34. The van der Waals surface area contributed by atoms with E-state index in [0.717, 1.165) is 11.4 Å². The molecule has 102 valence electrons. The fourth-order valence-corrected chi connectivity index (χ4v) is 1.50. The molecule has 2 aromatic carbocycles. The molecule has 0 amide bonds. The highest BCUT2D eigenvalue weighted by Gasteiger charge is 2.03. The first kappa shape index (κ1) is 13.7. The fraction of sp³-hybridized carbons (Fsp3) is 0.0625. The van der Waals surface area contributed by atoms with Crippen molar-refractivity contribution in [1.29, 1.82) is 0 Å². The Morgan fingerprint density at radius 1 is 0.950 bits per heavy atom. The van der Waals surface area contributed by atoms with Gasteiger partial charge < -0.3 is 10.2 Å². The molecule has 0 unspecified atom stereocenters. The van der Waals surface area contributed by atoms with Gasteiger partial charge in [0.2, 0.25) is 0 Å². The molecule has 4 heteroatoms. The summed E-state index contributed by atoms with van der Waals surface area (Å²) in [5.41, 5.74) is 5.59. The van der Waals surface area contributed by atoms with Crippen LogP contribution in [0.25, 0.3) is 0 Å². The van der Waals surface area contributed by atoms with E-state index < -0.39 is 5.97 Å². The van der Waals surface area contributed by atoms with Gasteiger partial charge in [0.05, 0.1) is 5.69 Å². The quantitative estimate of drug-likeness (QED) is 0.638. The van der Waals surface area contributed by atoms with E-state index in [4.69, 9.17) is 4.84 Å². The van der Waals surface area contributed by atoms with Crippen LogP contribution in [0, 0.1) is 0 Å². The van der Waals surface area contributed by atoms with E-state index in [1.807, 2.05) is 54.6 Å². The number of hydrogen-bond donors (Lipinski definition) is 2. The lowest BCUT2D eigenvalue weighted by molar-refractivity contribution is -0.136. The Balaban J connectivity index is 1.93. The number of rotatable bonds is 5. The zero-order valence-corrected chi connectivity index (χ0v) is 11.2. The highest BCUT2D eigenvalue weighted by Crippen LogP contribution is 2.18. The zero-order chi connectivity index (χ0) is 14.4. The van der Waals surface area contributed by atoms with E-state index in [2.05, 4.69) is 17.4 Å². The highest BCUT2D eigenvalue weighted by molar-refractivity contribution is 5.87. The molecule has 0 saturated carbocycles. The number of para-hydroxylation sites is 1. The summed E-state index contributed by atoms with van der Waals surface area (Å²) in [7, 11) is 0. The van der Waals surface area contributed by atoms with E-state index in [9.17, 15) is 4.79 Å². The molecule has 0 radical (unpaired) electrons. The van der Waals surface area contributed by atoms with E-state index in [0.29, 0.717) is 11.3 Å². The number of benzene rings is 2. The Kier molecular flexibility index (Phi) is 4.39. The first-order valence-corrected chi connectivity index (χ1v) is 6.20. The van der Waals surface area contributed by atoms with Crippen LogP contribution in [0.15, 0.2) is 66.7 Å². The van der Waals surface area contributed by atoms with E-state index in [1.165, 1.54) is 0 Å². The Morgan fingerprint density at radius 3 is 2.10 bits per heavy atom. The molecule has 0 spiro atoms. The molecule has 0 aliphatic carbocycles. The molecule has 0 saturated heterocycles. The number of hydrogen-bond acceptors (Lipinski definition) is 4. The SMILES string of the molecule is C=C(C)C(=O)ONc1ccc(Nc2ccccc2)cc1. The number of anilines is 3. The molecule has 0 aliphatic rings. The molecule has 2 N–H and O–H groups in total. The van der Waals surface area contributed by atoms with Crippen LogP contribution in [0.1, 0.15) is 6.92 Å². The van der Waals surface area contributed by atoms with Gasteiger partial charge in [0.1, 0.15) is 0 Å². The van der Waals surface area contributed by atoms with Crippen LogP contribution in [-0.2, 0) is 9.63 Å². The minimum Gasteiger partial charge on any atom is -0.356 e. The summed E-state index contributed by atoms with van der Waals surface area (Å²) >= 11 is 0. The average molecular weight is 268 g/mol. The van der Waals surface area contributed by atoms with Gasteiger partial charge in [-0.15, -0.1) is 0 Å². The Morgan fingerprint density at radius 2 is 1.50 bits per heavy atom. The molecule has 20 heavy (non-hydrogen) atoms. The monoisotopic (exact) mass is 268 g/mol. The minimum atomic E-state index is -0.475. The topological polar surface area (TPSA) is 50.4 Å². The number of carbonyl (C=O) groups excluding carboxylic acids is 1. The van der Waals surface area contributed by atoms with Crippen molar-refractivity contribution in [3.8, 4) is 0 Å². The van der Waals surface area contributed by atoms with Gasteiger partial charge in [0.25, 0.3) is 0 Å². The second kappa shape index (κ2) is 6.43. The molecule has 0 atom stereocenters. The maximum absolute atomic E-state index is 11.2. The van der Waals surface area contributed by atoms with Crippen LogP contribution in [0.2, 0.25) is 0 Å². The highest BCUT2D eigenvalue weighted by atomic mass is 16.7. The minimum absolute atomic E-state index is 0.347. The van der Waals surface area contributed by atoms with E-state index >= 15 is 0 Å². The second-order valence-corrected chi connectivity index (χ2v) is 4.34. The Bertz CT molecular complexity index is 592. The standard InChI is InChI=1S/C16H16N2O2/c1-12(2)16(19)20-18-15-10-8-14(9-11-15)17-13-6-4-3-5-7-13/h3-11,17-18H,1H2,2H3. The molecule has 4 nitrogen and oxygen atoms in total. The number of carbonyl (C=O) groups is 1. The van der Waals surface area contributed by atoms with Crippen molar-refractivity contribution in [2.45, 2.75) is 6.92 Å². The van der Waals surface area contributed by atoms with Crippen molar-refractivity contribution >= 4 is 23.0 Å². The van der Waals surface area contributed by atoms with Crippen molar-refractivity contribution in [1.82, 2.24) is 0 Å². The summed E-state index contributed by atoms with van der Waals surface area (Å²) in [6, 6.07) is 17.3. The van der Waals surface area contributed by atoms with Crippen molar-refractivity contribution in [3.05, 3.63) is 66.7 Å². The predicted octanol–water partition coefficient (Wildman–Crippen LogP) is 3.88. The summed E-state index contributed by atoms with van der Waals surface area (Å²) in [5, 5.41) is 3.26. The van der Waals surface area contributed by atoms with Crippen LogP contribution in [-0.4, -0.2) is 5.97 Å². The van der Waals surface area contributed by atoms with Gasteiger partial charge >= 0.3 is 5.97 Å². The fourth-order valence-electron chi connectivity index (χ4n) is 1.50. The summed E-state index contributed by atoms with van der Waals surface area (Å²) < 4.78 is 0. The van der Waals surface area contributed by atoms with Gasteiger partial charge in [-0.05, 0) is 43.3 Å². The predicted molar refractivity (Wildman–Crippen MR) is 80.7 cm³/mol. The molecular weight excluding hydrogens is 252 g/mol. The van der Waals surface area contributed by atoms with Crippen molar-refractivity contribution in [2.24, 2.45) is 0 Å². The summed E-state index contributed by atoms with van der Waals surface area (Å²) in [6.45, 7) is 5.10. The van der Waals surface area contributed by atoms with Crippen LogP contribution < -0.4 is 10.8 Å². The molecule has 0 fully saturated rings. The Hall–Kier alpha value is -2.75. The van der Waals surface area contributed by atoms with Gasteiger partial charge in [0.15, 0.2) is 0 Å². The van der Waals surface area contributed by atoms with Gasteiger partial charge in [-0.2, -0.15) is 0 Å². The molecular formula is C16H16N2O2. The van der Waals surface area contributed by atoms with E-state index in [1.54, 1.807) is 6.92 Å². The zero-order valence-electron chi connectivity index (χ0n) is 11.2. The van der Waals surface area contributed by atoms with Crippen LogP contribution in [0.3, 0.4) is 0 Å². The maximum atomic E-state index is 11.2. The third kappa shape index (κ3) is 3.88. The smallest absolute Gasteiger partial charge is 0.356 e. The first-order chi connectivity index (χ1) is 9.65. The van der Waals surface area contributed by atoms with Crippen molar-refractivity contribution in [3.63, 3.8) is 0 Å². The molecule has 0 aromatic heterocycles. The first-order valence-electron chi connectivity index (χ1n) is 6.20. The average Bonchev–Trinajstić information content (AvgIpc) is 2.47. The third-order valence-corrected chi connectivity index (χ3v) is 2.56. The number of nitrogens with one attached hydrogen (secondary N) is 2. The summed E-state index contributed by atoms with van der Waals surface area (Å²) in [5.74, 6) is -0.475. The Labute approximate surface area is 118 Å². The maximum Gasteiger partial charge on any atom is 0.357 e. The molecule has 0 heterocycles. The lowest BCUT2D eigenvalue weighted by Gasteiger charge is -2.09. The largest absolute Gasteiger partial charge is 0.357 e. The lowest BCUT2D eigenvalue weighted by Crippen LogP contribution is -2.10. The third-order valence-electron chi connectivity index (χ3n) is 2.56. The molecule has 0 aliphatic heterocycles. The van der Waals surface area contributed by atoms with Gasteiger partial charge in [-0.1, -0.05) is 24.8 Å². The summed E-state index contributed by atoms with van der Waals surface area (Å²) in [6.07, 6.45) is 0. The molecule has 0 bridgehead atoms. The normalized spacial score (nSPS) is 9.65. The van der Waals surface area contributed by atoms with Gasteiger partial charge in [-0.25, -0.2) is 10.3 Å². The lowest BCUT2D eigenvalue weighted by atomic mass is 10.2. The van der Waals surface area contributed by atoms with Crippen LogP contribution >= 0.6 is 0 Å². The van der Waals surface area contributed by atoms with Gasteiger partial charge in [0, 0.05) is 16.9 Å². The summed E-state index contributed by atoms with van der Waals surface area (Å²) in [4.78, 5) is 16.1. The van der Waals surface area contributed by atoms with Crippen molar-refractivity contribution < 1.29 is 9.63 Å². The van der Waals surface area contributed by atoms with E-state index in [-0.39, 0.29) is 0 Å². The molecule has 2 aromatic rings. The van der Waals surface area contributed by atoms with Gasteiger partial charge in [-0.3, -0.25) is 0 Å². The van der Waals surface area contributed by atoms with Crippen molar-refractivity contribution in [2.75, 3.05) is 10.8 Å². The molecule has 2 rings (SSSR count).